The fraction of sp³-hybridized carbons (Fsp3) is 0.318. The monoisotopic (exact) mass is 376 g/mol. The highest BCUT2D eigenvalue weighted by molar-refractivity contribution is 5.95. The quantitative estimate of drug-likeness (QED) is 0.763. The first-order chi connectivity index (χ1) is 13.4. The summed E-state index contributed by atoms with van der Waals surface area (Å²) in [6.45, 7) is 4.70. The normalized spacial score (nSPS) is 19.2. The molecule has 1 atom stereocenters. The van der Waals surface area contributed by atoms with Crippen molar-refractivity contribution < 1.29 is 9.90 Å². The Morgan fingerprint density at radius 1 is 1.14 bits per heavy atom. The number of nitrogens with zero attached hydrogens (tertiary/aromatic N) is 4. The summed E-state index contributed by atoms with van der Waals surface area (Å²) >= 11 is 0. The molecule has 2 aromatic carbocycles. The van der Waals surface area contributed by atoms with Gasteiger partial charge in [0.05, 0.1) is 6.54 Å². The van der Waals surface area contributed by atoms with Crippen molar-refractivity contribution in [1.82, 2.24) is 19.7 Å². The summed E-state index contributed by atoms with van der Waals surface area (Å²) in [6.07, 6.45) is 0.532. The topological polar surface area (TPSA) is 71.2 Å². The molecule has 1 aliphatic rings. The number of rotatable bonds is 3. The van der Waals surface area contributed by atoms with Crippen LogP contribution in [0.15, 0.2) is 48.5 Å². The highest BCUT2D eigenvalue weighted by atomic mass is 16.3. The first-order valence-electron chi connectivity index (χ1n) is 9.43. The molecule has 1 aliphatic heterocycles. The van der Waals surface area contributed by atoms with Gasteiger partial charge in [-0.15, -0.1) is 0 Å². The third kappa shape index (κ3) is 3.20. The van der Waals surface area contributed by atoms with Crippen molar-refractivity contribution in [3.63, 3.8) is 0 Å². The lowest BCUT2D eigenvalue weighted by Crippen LogP contribution is -2.34. The van der Waals surface area contributed by atoms with E-state index in [1.54, 1.807) is 15.6 Å². The molecule has 28 heavy (non-hydrogen) atoms. The Morgan fingerprint density at radius 2 is 1.93 bits per heavy atom. The summed E-state index contributed by atoms with van der Waals surface area (Å²) in [5, 5.41) is 15.6. The number of aromatic nitrogens is 3. The molecule has 1 N–H and O–H groups in total. The van der Waals surface area contributed by atoms with Gasteiger partial charge in [0.2, 0.25) is 0 Å². The Kier molecular flexibility index (Phi) is 4.51. The van der Waals surface area contributed by atoms with Gasteiger partial charge in [-0.05, 0) is 43.5 Å². The number of benzene rings is 2. The van der Waals surface area contributed by atoms with Crippen molar-refractivity contribution >= 4 is 5.91 Å². The maximum atomic E-state index is 13.1. The Hall–Kier alpha value is -2.99. The van der Waals surface area contributed by atoms with Gasteiger partial charge in [0, 0.05) is 24.7 Å². The third-order valence-corrected chi connectivity index (χ3v) is 5.53. The van der Waals surface area contributed by atoms with Gasteiger partial charge in [0.25, 0.3) is 5.91 Å². The second-order valence-electron chi connectivity index (χ2n) is 7.51. The molecule has 2 heterocycles. The number of hydrogen-bond donors (Lipinski definition) is 1. The van der Waals surface area contributed by atoms with Crippen LogP contribution in [-0.4, -0.2) is 43.8 Å². The smallest absolute Gasteiger partial charge is 0.253 e. The molecule has 4 rings (SSSR count). The molecule has 0 radical (unpaired) electrons. The van der Waals surface area contributed by atoms with Crippen LogP contribution in [0.5, 0.6) is 0 Å². The standard InChI is InChI=1S/C22H24N4O2/c1-15-7-4-5-10-19(15)22(28)11-12-26(14-22)21(27)18-9-6-8-17(13-18)20-23-16(2)25(3)24-20/h4-10,13,28H,11-12,14H2,1-3H3/t22-/m0/s1. The Morgan fingerprint density at radius 3 is 2.64 bits per heavy atom. The number of amides is 1. The Labute approximate surface area is 164 Å². The number of likely N-dealkylation sites (tertiary alicyclic amines) is 1. The molecule has 0 unspecified atom stereocenters. The summed E-state index contributed by atoms with van der Waals surface area (Å²) in [7, 11) is 1.84. The molecule has 0 bridgehead atoms. The lowest BCUT2D eigenvalue weighted by molar-refractivity contribution is 0.0412. The van der Waals surface area contributed by atoms with Crippen LogP contribution in [0, 0.1) is 13.8 Å². The molecule has 1 amide bonds. The molecule has 144 valence electrons. The van der Waals surface area contributed by atoms with Crippen LogP contribution in [0.2, 0.25) is 0 Å². The van der Waals surface area contributed by atoms with Gasteiger partial charge in [-0.25, -0.2) is 4.98 Å². The van der Waals surface area contributed by atoms with E-state index in [2.05, 4.69) is 10.1 Å². The van der Waals surface area contributed by atoms with Gasteiger partial charge in [-0.1, -0.05) is 36.4 Å². The van der Waals surface area contributed by atoms with Gasteiger partial charge in [0.1, 0.15) is 11.4 Å². The number of carbonyl (C=O) groups is 1. The molecule has 0 aliphatic carbocycles. The van der Waals surface area contributed by atoms with Gasteiger partial charge >= 0.3 is 0 Å². The van der Waals surface area contributed by atoms with Crippen molar-refractivity contribution in [2.75, 3.05) is 13.1 Å². The van der Waals surface area contributed by atoms with E-state index >= 15 is 0 Å². The van der Waals surface area contributed by atoms with Crippen LogP contribution in [0.1, 0.15) is 33.7 Å². The second kappa shape index (κ2) is 6.87. The van der Waals surface area contributed by atoms with Gasteiger partial charge in [0.15, 0.2) is 5.82 Å². The predicted octanol–water partition coefficient (Wildman–Crippen LogP) is 2.83. The molecule has 0 spiro atoms. The highest BCUT2D eigenvalue weighted by Gasteiger charge is 2.40. The summed E-state index contributed by atoms with van der Waals surface area (Å²) in [5.74, 6) is 1.33. The second-order valence-corrected chi connectivity index (χ2v) is 7.51. The summed E-state index contributed by atoms with van der Waals surface area (Å²) in [6, 6.07) is 15.2. The molecule has 6 heteroatoms. The van der Waals surface area contributed by atoms with Crippen LogP contribution < -0.4 is 0 Å². The fourth-order valence-corrected chi connectivity index (χ4v) is 3.84. The minimum absolute atomic E-state index is 0.0842. The molecule has 0 saturated carbocycles. The zero-order valence-corrected chi connectivity index (χ0v) is 16.4. The van der Waals surface area contributed by atoms with Gasteiger partial charge in [-0.3, -0.25) is 9.48 Å². The van der Waals surface area contributed by atoms with Crippen LogP contribution in [0.3, 0.4) is 0 Å². The SMILES string of the molecule is Cc1ccccc1[C@]1(O)CCN(C(=O)c2cccc(-c3nc(C)n(C)n3)c2)C1. The largest absolute Gasteiger partial charge is 0.383 e. The Balaban J connectivity index is 1.57. The van der Waals surface area contributed by atoms with Crippen molar-refractivity contribution in [2.24, 2.45) is 7.05 Å². The molecule has 1 saturated heterocycles. The Bertz CT molecular complexity index is 1020. The number of hydrogen-bond acceptors (Lipinski definition) is 4. The van der Waals surface area contributed by atoms with E-state index in [9.17, 15) is 9.90 Å². The van der Waals surface area contributed by atoms with E-state index in [4.69, 9.17) is 0 Å². The average molecular weight is 376 g/mol. The summed E-state index contributed by atoms with van der Waals surface area (Å²) in [5.41, 5.74) is 2.32. The zero-order valence-electron chi connectivity index (χ0n) is 16.4. The average Bonchev–Trinajstić information content (AvgIpc) is 3.25. The van der Waals surface area contributed by atoms with Crippen molar-refractivity contribution in [2.45, 2.75) is 25.9 Å². The van der Waals surface area contributed by atoms with Crippen LogP contribution in [-0.2, 0) is 12.6 Å². The first kappa shape index (κ1) is 18.4. The van der Waals surface area contributed by atoms with E-state index < -0.39 is 5.60 Å². The number of carbonyl (C=O) groups excluding carboxylic acids is 1. The molecular formula is C22H24N4O2. The maximum absolute atomic E-state index is 13.1. The minimum atomic E-state index is -1.00. The fourth-order valence-electron chi connectivity index (χ4n) is 3.84. The van der Waals surface area contributed by atoms with Crippen molar-refractivity contribution in [3.05, 3.63) is 71.0 Å². The lowest BCUT2D eigenvalue weighted by Gasteiger charge is -2.25. The molecule has 1 fully saturated rings. The van der Waals surface area contributed by atoms with E-state index in [1.165, 1.54) is 0 Å². The van der Waals surface area contributed by atoms with E-state index in [0.29, 0.717) is 30.9 Å². The number of aliphatic hydroxyl groups is 1. The number of β-amino-alcohol motifs (C(OH)–C–C–N with tert-alkyl or cyclic N) is 1. The molecule has 6 nitrogen and oxygen atoms in total. The number of aryl methyl sites for hydroxylation is 3. The summed E-state index contributed by atoms with van der Waals surface area (Å²) in [4.78, 5) is 19.2. The van der Waals surface area contributed by atoms with E-state index in [-0.39, 0.29) is 5.91 Å². The van der Waals surface area contributed by atoms with Crippen molar-refractivity contribution in [3.8, 4) is 11.4 Å². The van der Waals surface area contributed by atoms with Crippen LogP contribution >= 0.6 is 0 Å². The summed E-state index contributed by atoms with van der Waals surface area (Å²) < 4.78 is 1.71. The van der Waals surface area contributed by atoms with E-state index in [0.717, 1.165) is 22.5 Å². The predicted molar refractivity (Wildman–Crippen MR) is 107 cm³/mol. The van der Waals surface area contributed by atoms with E-state index in [1.807, 2.05) is 63.4 Å². The third-order valence-electron chi connectivity index (χ3n) is 5.53. The van der Waals surface area contributed by atoms with Gasteiger partial charge < -0.3 is 10.0 Å². The highest BCUT2D eigenvalue weighted by Crippen LogP contribution is 2.34. The first-order valence-corrected chi connectivity index (χ1v) is 9.43. The molecule has 3 aromatic rings. The van der Waals surface area contributed by atoms with Crippen LogP contribution in [0.4, 0.5) is 0 Å². The maximum Gasteiger partial charge on any atom is 0.253 e. The zero-order chi connectivity index (χ0) is 19.9. The van der Waals surface area contributed by atoms with Gasteiger partial charge in [-0.2, -0.15) is 5.10 Å². The minimum Gasteiger partial charge on any atom is -0.383 e. The van der Waals surface area contributed by atoms with Crippen LogP contribution in [0.25, 0.3) is 11.4 Å². The van der Waals surface area contributed by atoms with Crippen molar-refractivity contribution in [1.29, 1.82) is 0 Å². The lowest BCUT2D eigenvalue weighted by atomic mass is 9.89. The molecule has 1 aromatic heterocycles. The molecular weight excluding hydrogens is 352 g/mol.